The van der Waals surface area contributed by atoms with Crippen molar-refractivity contribution in [2.45, 2.75) is 65.1 Å². The van der Waals surface area contributed by atoms with E-state index < -0.39 is 17.4 Å². The fourth-order valence-corrected chi connectivity index (χ4v) is 5.00. The van der Waals surface area contributed by atoms with E-state index in [1.165, 1.54) is 0 Å². The molecule has 1 aliphatic heterocycles. The van der Waals surface area contributed by atoms with E-state index in [4.69, 9.17) is 4.84 Å². The summed E-state index contributed by atoms with van der Waals surface area (Å²) in [5, 5.41) is 3.07. The first-order valence-corrected chi connectivity index (χ1v) is 14.0. The first kappa shape index (κ1) is 29.7. The lowest BCUT2D eigenvalue weighted by Crippen LogP contribution is -2.59. The third-order valence-electron chi connectivity index (χ3n) is 7.39. The average molecular weight is 555 g/mol. The average Bonchev–Trinajstić information content (AvgIpc) is 3.23. The van der Waals surface area contributed by atoms with E-state index in [-0.39, 0.29) is 11.9 Å². The number of hydrogen-bond donors (Lipinski definition) is 2. The molecule has 3 aromatic rings. The van der Waals surface area contributed by atoms with Crippen LogP contribution in [0.3, 0.4) is 0 Å². The first-order valence-electron chi connectivity index (χ1n) is 14.0. The van der Waals surface area contributed by atoms with Gasteiger partial charge < -0.3 is 5.32 Å². The van der Waals surface area contributed by atoms with Crippen molar-refractivity contribution >= 4 is 23.6 Å². The molecule has 2 atom stereocenters. The van der Waals surface area contributed by atoms with Gasteiger partial charge in [0.2, 0.25) is 5.91 Å². The van der Waals surface area contributed by atoms with Gasteiger partial charge in [-0.3, -0.25) is 34.6 Å². The second kappa shape index (κ2) is 13.4. The van der Waals surface area contributed by atoms with E-state index in [0.717, 1.165) is 21.6 Å². The van der Waals surface area contributed by atoms with Gasteiger partial charge in [-0.25, -0.2) is 0 Å². The van der Waals surface area contributed by atoms with Crippen LogP contribution in [0.5, 0.6) is 0 Å². The van der Waals surface area contributed by atoms with Gasteiger partial charge in [0, 0.05) is 6.54 Å². The third-order valence-corrected chi connectivity index (χ3v) is 7.39. The van der Waals surface area contributed by atoms with Gasteiger partial charge in [0.15, 0.2) is 0 Å². The number of carbonyl (C=O) groups is 3. The lowest BCUT2D eigenvalue weighted by Gasteiger charge is -2.37. The first-order chi connectivity index (χ1) is 19.7. The summed E-state index contributed by atoms with van der Waals surface area (Å²) in [6.45, 7) is 8.33. The summed E-state index contributed by atoms with van der Waals surface area (Å²) < 4.78 is 0. The van der Waals surface area contributed by atoms with Crippen molar-refractivity contribution in [2.24, 2.45) is 4.99 Å². The standard InChI is InChI=1S/C33H38N4O4/c1-23-13-12-16-27(21-23)24(2)35-32(40)33(4,37-30(38)28-17-8-9-18-29(28)31(37)39)19-10-11-20-34-25(3)36-41-22-26-14-6-5-7-15-26/h5-9,12-18,21,24H,10-11,19-20,22H2,1-4H3,(H,34,36)(H,35,40). The van der Waals surface area contributed by atoms with Crippen LogP contribution in [0.4, 0.5) is 0 Å². The Labute approximate surface area is 241 Å². The number of hydroxylamine groups is 1. The molecule has 3 aromatic carbocycles. The number of imide groups is 1. The predicted octanol–water partition coefficient (Wildman–Crippen LogP) is 5.54. The Bertz CT molecular complexity index is 1390. The minimum Gasteiger partial charge on any atom is -0.348 e. The number of rotatable bonds is 12. The smallest absolute Gasteiger partial charge is 0.262 e. The number of aliphatic imine (C=N–C) groups is 1. The summed E-state index contributed by atoms with van der Waals surface area (Å²) in [5.74, 6) is -0.606. The van der Waals surface area contributed by atoms with Crippen LogP contribution in [0, 0.1) is 6.92 Å². The van der Waals surface area contributed by atoms with Crippen LogP contribution in [-0.2, 0) is 16.2 Å². The summed E-state index contributed by atoms with van der Waals surface area (Å²) >= 11 is 0. The van der Waals surface area contributed by atoms with E-state index >= 15 is 0 Å². The zero-order chi connectivity index (χ0) is 29.4. The summed E-state index contributed by atoms with van der Waals surface area (Å²) in [7, 11) is 0. The molecule has 8 heteroatoms. The van der Waals surface area contributed by atoms with Gasteiger partial charge in [-0.1, -0.05) is 72.3 Å². The van der Waals surface area contributed by atoms with E-state index in [0.29, 0.717) is 49.4 Å². The van der Waals surface area contributed by atoms with E-state index in [1.54, 1.807) is 31.2 Å². The van der Waals surface area contributed by atoms with Gasteiger partial charge in [-0.05, 0) is 70.2 Å². The lowest BCUT2D eigenvalue weighted by molar-refractivity contribution is -0.131. The zero-order valence-corrected chi connectivity index (χ0v) is 24.1. The molecule has 8 nitrogen and oxygen atoms in total. The number of hydrogen-bond acceptors (Lipinski definition) is 5. The highest BCUT2D eigenvalue weighted by Gasteiger charge is 2.50. The quantitative estimate of drug-likeness (QED) is 0.101. The van der Waals surface area contributed by atoms with E-state index in [1.807, 2.05) is 75.4 Å². The normalized spacial score (nSPS) is 15.3. The summed E-state index contributed by atoms with van der Waals surface area (Å²) in [6, 6.07) is 24.2. The molecule has 0 spiro atoms. The Balaban J connectivity index is 1.41. The summed E-state index contributed by atoms with van der Waals surface area (Å²) in [6.07, 6.45) is 1.55. The van der Waals surface area contributed by atoms with E-state index in [9.17, 15) is 14.4 Å². The Morgan fingerprint density at radius 2 is 1.61 bits per heavy atom. The zero-order valence-electron chi connectivity index (χ0n) is 24.1. The molecule has 1 heterocycles. The molecule has 0 bridgehead atoms. The number of aryl methyl sites for hydroxylation is 1. The van der Waals surface area contributed by atoms with Crippen molar-refractivity contribution in [1.82, 2.24) is 15.7 Å². The molecule has 0 aromatic heterocycles. The molecule has 3 amide bonds. The fourth-order valence-electron chi connectivity index (χ4n) is 5.00. The molecule has 0 aliphatic carbocycles. The van der Waals surface area contributed by atoms with Crippen molar-refractivity contribution < 1.29 is 19.2 Å². The van der Waals surface area contributed by atoms with Crippen LogP contribution in [-0.4, -0.2) is 40.5 Å². The Morgan fingerprint density at radius 1 is 0.951 bits per heavy atom. The van der Waals surface area contributed by atoms with Crippen molar-refractivity contribution in [1.29, 1.82) is 0 Å². The van der Waals surface area contributed by atoms with Crippen LogP contribution in [0.1, 0.15) is 83.5 Å². The number of benzene rings is 3. The van der Waals surface area contributed by atoms with Crippen molar-refractivity contribution in [3.8, 4) is 0 Å². The van der Waals surface area contributed by atoms with Crippen molar-refractivity contribution in [3.63, 3.8) is 0 Å². The highest BCUT2D eigenvalue weighted by atomic mass is 16.6. The second-order valence-electron chi connectivity index (χ2n) is 10.7. The van der Waals surface area contributed by atoms with Crippen molar-refractivity contribution in [2.75, 3.05) is 6.54 Å². The predicted molar refractivity (Wildman–Crippen MR) is 159 cm³/mol. The SMILES string of the molecule is CC(=NCCCCC(C)(C(=O)NC(C)c1cccc(C)c1)N1C(=O)c2ccccc2C1=O)NOCc1ccccc1. The molecule has 1 aliphatic rings. The van der Waals surface area contributed by atoms with Gasteiger partial charge in [-0.15, -0.1) is 0 Å². The number of unbranched alkanes of at least 4 members (excludes halogenated alkanes) is 1. The third kappa shape index (κ3) is 7.08. The number of nitrogens with zero attached hydrogens (tertiary/aromatic N) is 2. The van der Waals surface area contributed by atoms with Gasteiger partial charge in [0.05, 0.1) is 23.8 Å². The van der Waals surface area contributed by atoms with Crippen molar-refractivity contribution in [3.05, 3.63) is 107 Å². The maximum atomic E-state index is 13.9. The van der Waals surface area contributed by atoms with Crippen LogP contribution < -0.4 is 10.8 Å². The molecule has 214 valence electrons. The minimum atomic E-state index is -1.37. The van der Waals surface area contributed by atoms with Crippen LogP contribution in [0.25, 0.3) is 0 Å². The Kier molecular flexibility index (Phi) is 9.68. The molecule has 0 saturated heterocycles. The largest absolute Gasteiger partial charge is 0.348 e. The molecule has 41 heavy (non-hydrogen) atoms. The molecule has 0 radical (unpaired) electrons. The molecular formula is C33H38N4O4. The maximum Gasteiger partial charge on any atom is 0.262 e. The fraction of sp³-hybridized carbons (Fsp3) is 0.333. The second-order valence-corrected chi connectivity index (χ2v) is 10.7. The van der Waals surface area contributed by atoms with Gasteiger partial charge in [0.1, 0.15) is 11.4 Å². The Morgan fingerprint density at radius 3 is 2.27 bits per heavy atom. The van der Waals surface area contributed by atoms with Gasteiger partial charge >= 0.3 is 0 Å². The number of nitrogens with one attached hydrogen (secondary N) is 2. The van der Waals surface area contributed by atoms with E-state index in [2.05, 4.69) is 15.8 Å². The maximum absolute atomic E-state index is 13.9. The lowest BCUT2D eigenvalue weighted by atomic mass is 9.90. The van der Waals surface area contributed by atoms with Crippen LogP contribution in [0.2, 0.25) is 0 Å². The molecule has 4 rings (SSSR count). The monoisotopic (exact) mass is 554 g/mol. The molecule has 0 fully saturated rings. The summed E-state index contributed by atoms with van der Waals surface area (Å²) in [4.78, 5) is 51.9. The Hall–Kier alpha value is -4.30. The molecular weight excluding hydrogens is 516 g/mol. The minimum absolute atomic E-state index is 0.300. The number of fused-ring (bicyclic) bond motifs is 1. The van der Waals surface area contributed by atoms with Gasteiger partial charge in [-0.2, -0.15) is 0 Å². The molecule has 2 N–H and O–H groups in total. The molecule has 0 saturated carbocycles. The summed E-state index contributed by atoms with van der Waals surface area (Å²) in [5.41, 5.74) is 5.22. The number of carbonyl (C=O) groups excluding carboxylic acids is 3. The number of amides is 3. The highest BCUT2D eigenvalue weighted by Crippen LogP contribution is 2.33. The van der Waals surface area contributed by atoms with Gasteiger partial charge in [0.25, 0.3) is 11.8 Å². The highest BCUT2D eigenvalue weighted by molar-refractivity contribution is 6.23. The number of amidine groups is 1. The topological polar surface area (TPSA) is 100 Å². The van der Waals surface area contributed by atoms with Crippen LogP contribution >= 0.6 is 0 Å². The van der Waals surface area contributed by atoms with Crippen LogP contribution in [0.15, 0.2) is 83.9 Å². The molecule has 2 unspecified atom stereocenters.